The van der Waals surface area contributed by atoms with E-state index in [9.17, 15) is 9.18 Å². The minimum absolute atomic E-state index is 0.0885. The Balaban J connectivity index is 2.14. The molecule has 1 aromatic carbocycles. The first-order valence-corrected chi connectivity index (χ1v) is 4.78. The predicted octanol–water partition coefficient (Wildman–Crippen LogP) is 1.82. The normalized spacial score (nSPS) is 21.8. The molecule has 0 bridgehead atoms. The van der Waals surface area contributed by atoms with Gasteiger partial charge in [-0.25, -0.2) is 4.39 Å². The smallest absolute Gasteiger partial charge is 0.220 e. The van der Waals surface area contributed by atoms with Crippen LogP contribution < -0.4 is 5.32 Å². The largest absolute Gasteiger partial charge is 0.356 e. The summed E-state index contributed by atoms with van der Waals surface area (Å²) in [4.78, 5) is 11.1. The minimum atomic E-state index is -0.228. The van der Waals surface area contributed by atoms with Crippen LogP contribution in [0.1, 0.15) is 24.3 Å². The molecule has 0 spiro atoms. The van der Waals surface area contributed by atoms with Crippen LogP contribution in [0.3, 0.4) is 0 Å². The third kappa shape index (κ3) is 1.92. The van der Waals surface area contributed by atoms with Crippen molar-refractivity contribution in [3.05, 3.63) is 35.6 Å². The Kier molecular flexibility index (Phi) is 2.48. The summed E-state index contributed by atoms with van der Waals surface area (Å²) in [7, 11) is 0. The van der Waals surface area contributed by atoms with E-state index >= 15 is 0 Å². The summed E-state index contributed by atoms with van der Waals surface area (Å²) >= 11 is 0. The van der Waals surface area contributed by atoms with Gasteiger partial charge in [-0.15, -0.1) is 0 Å². The number of amides is 1. The fourth-order valence-electron chi connectivity index (χ4n) is 1.80. The van der Waals surface area contributed by atoms with Gasteiger partial charge in [-0.05, 0) is 30.0 Å². The van der Waals surface area contributed by atoms with E-state index in [1.165, 1.54) is 12.1 Å². The maximum atomic E-state index is 12.7. The topological polar surface area (TPSA) is 29.1 Å². The van der Waals surface area contributed by atoms with Crippen molar-refractivity contribution in [2.75, 3.05) is 6.54 Å². The second kappa shape index (κ2) is 3.78. The Hall–Kier alpha value is -1.38. The molecule has 1 amide bonds. The van der Waals surface area contributed by atoms with Crippen LogP contribution in [0.25, 0.3) is 0 Å². The van der Waals surface area contributed by atoms with Crippen LogP contribution in [0.2, 0.25) is 0 Å². The van der Waals surface area contributed by atoms with E-state index in [1.807, 2.05) is 0 Å². The lowest BCUT2D eigenvalue weighted by molar-refractivity contribution is -0.122. The summed E-state index contributed by atoms with van der Waals surface area (Å²) in [6.45, 7) is 0.723. The summed E-state index contributed by atoms with van der Waals surface area (Å²) in [6, 6.07) is 6.42. The van der Waals surface area contributed by atoms with Crippen molar-refractivity contribution in [3.8, 4) is 0 Å². The molecule has 1 heterocycles. The quantitative estimate of drug-likeness (QED) is 0.724. The SMILES string of the molecule is O=C1CC(c2ccc(F)cc2)CCN1. The van der Waals surface area contributed by atoms with Crippen LogP contribution in [0.15, 0.2) is 24.3 Å². The molecule has 0 radical (unpaired) electrons. The van der Waals surface area contributed by atoms with Crippen molar-refractivity contribution in [2.24, 2.45) is 0 Å². The van der Waals surface area contributed by atoms with Gasteiger partial charge >= 0.3 is 0 Å². The van der Waals surface area contributed by atoms with Crippen LogP contribution >= 0.6 is 0 Å². The predicted molar refractivity (Wildman–Crippen MR) is 51.4 cm³/mol. The summed E-state index contributed by atoms with van der Waals surface area (Å²) in [5, 5.41) is 2.78. The van der Waals surface area contributed by atoms with Gasteiger partial charge in [0.15, 0.2) is 0 Å². The molecule has 14 heavy (non-hydrogen) atoms. The molecule has 3 heteroatoms. The molecule has 1 aliphatic heterocycles. The molecule has 1 aromatic rings. The van der Waals surface area contributed by atoms with Crippen molar-refractivity contribution in [2.45, 2.75) is 18.8 Å². The molecule has 0 aliphatic carbocycles. The van der Waals surface area contributed by atoms with Crippen LogP contribution in [-0.4, -0.2) is 12.5 Å². The highest BCUT2D eigenvalue weighted by Gasteiger charge is 2.20. The third-order valence-electron chi connectivity index (χ3n) is 2.59. The molecule has 0 saturated carbocycles. The van der Waals surface area contributed by atoms with E-state index in [2.05, 4.69) is 5.32 Å². The zero-order valence-electron chi connectivity index (χ0n) is 7.79. The Morgan fingerprint density at radius 2 is 2.00 bits per heavy atom. The van der Waals surface area contributed by atoms with Gasteiger partial charge in [-0.2, -0.15) is 0 Å². The number of piperidine rings is 1. The van der Waals surface area contributed by atoms with Gasteiger partial charge < -0.3 is 5.32 Å². The molecule has 1 aliphatic rings. The highest BCUT2D eigenvalue weighted by molar-refractivity contribution is 5.77. The van der Waals surface area contributed by atoms with Crippen LogP contribution in [0.5, 0.6) is 0 Å². The second-order valence-corrected chi connectivity index (χ2v) is 3.59. The summed E-state index contributed by atoms with van der Waals surface area (Å²) in [5.41, 5.74) is 1.06. The van der Waals surface area contributed by atoms with Crippen LogP contribution in [-0.2, 0) is 4.79 Å². The lowest BCUT2D eigenvalue weighted by Gasteiger charge is -2.22. The summed E-state index contributed by atoms with van der Waals surface area (Å²) in [5.74, 6) is 0.115. The summed E-state index contributed by atoms with van der Waals surface area (Å²) < 4.78 is 12.7. The molecule has 1 unspecified atom stereocenters. The first-order chi connectivity index (χ1) is 6.75. The van der Waals surface area contributed by atoms with Crippen molar-refractivity contribution in [3.63, 3.8) is 0 Å². The van der Waals surface area contributed by atoms with E-state index in [-0.39, 0.29) is 17.6 Å². The first kappa shape index (κ1) is 9.19. The van der Waals surface area contributed by atoms with Crippen LogP contribution in [0.4, 0.5) is 4.39 Å². The zero-order chi connectivity index (χ0) is 9.97. The van der Waals surface area contributed by atoms with E-state index < -0.39 is 0 Å². The number of rotatable bonds is 1. The van der Waals surface area contributed by atoms with E-state index in [1.54, 1.807) is 12.1 Å². The zero-order valence-corrected chi connectivity index (χ0v) is 7.79. The Morgan fingerprint density at radius 3 is 2.64 bits per heavy atom. The van der Waals surface area contributed by atoms with Gasteiger partial charge in [0.2, 0.25) is 5.91 Å². The van der Waals surface area contributed by atoms with Crippen molar-refractivity contribution in [1.82, 2.24) is 5.32 Å². The Bertz CT molecular complexity index is 334. The van der Waals surface area contributed by atoms with E-state index in [0.29, 0.717) is 6.42 Å². The highest BCUT2D eigenvalue weighted by atomic mass is 19.1. The Labute approximate surface area is 82.1 Å². The molecule has 74 valence electrons. The van der Waals surface area contributed by atoms with Gasteiger partial charge in [-0.3, -0.25) is 4.79 Å². The molecule has 0 aromatic heterocycles. The van der Waals surface area contributed by atoms with E-state index in [0.717, 1.165) is 18.5 Å². The molecule has 2 nitrogen and oxygen atoms in total. The fraction of sp³-hybridized carbons (Fsp3) is 0.364. The molecule has 1 N–H and O–H groups in total. The van der Waals surface area contributed by atoms with Gasteiger partial charge in [0.25, 0.3) is 0 Å². The monoisotopic (exact) mass is 193 g/mol. The average Bonchev–Trinajstić information content (AvgIpc) is 2.19. The maximum absolute atomic E-state index is 12.7. The fourth-order valence-corrected chi connectivity index (χ4v) is 1.80. The summed E-state index contributed by atoms with van der Waals surface area (Å²) in [6.07, 6.45) is 1.46. The lowest BCUT2D eigenvalue weighted by atomic mass is 9.90. The van der Waals surface area contributed by atoms with Gasteiger partial charge in [0.05, 0.1) is 0 Å². The standard InChI is InChI=1S/C11H12FNO/c12-10-3-1-8(2-4-10)9-5-6-13-11(14)7-9/h1-4,9H,5-7H2,(H,13,14). The number of benzene rings is 1. The lowest BCUT2D eigenvalue weighted by Crippen LogP contribution is -2.32. The Morgan fingerprint density at radius 1 is 1.29 bits per heavy atom. The second-order valence-electron chi connectivity index (χ2n) is 3.59. The van der Waals surface area contributed by atoms with Crippen LogP contribution in [0, 0.1) is 5.82 Å². The molecular formula is C11H12FNO. The molecule has 1 fully saturated rings. The molecule has 1 atom stereocenters. The number of carbonyl (C=O) groups is 1. The minimum Gasteiger partial charge on any atom is -0.356 e. The van der Waals surface area contributed by atoms with Crippen molar-refractivity contribution < 1.29 is 9.18 Å². The van der Waals surface area contributed by atoms with Gasteiger partial charge in [0.1, 0.15) is 5.82 Å². The number of hydrogen-bond acceptors (Lipinski definition) is 1. The highest BCUT2D eigenvalue weighted by Crippen LogP contribution is 2.25. The number of halogens is 1. The van der Waals surface area contributed by atoms with Crippen molar-refractivity contribution >= 4 is 5.91 Å². The first-order valence-electron chi connectivity index (χ1n) is 4.78. The van der Waals surface area contributed by atoms with Gasteiger partial charge in [0, 0.05) is 13.0 Å². The van der Waals surface area contributed by atoms with Crippen molar-refractivity contribution in [1.29, 1.82) is 0 Å². The number of carbonyl (C=O) groups excluding carboxylic acids is 1. The maximum Gasteiger partial charge on any atom is 0.220 e. The number of hydrogen-bond donors (Lipinski definition) is 1. The molecular weight excluding hydrogens is 181 g/mol. The third-order valence-corrected chi connectivity index (χ3v) is 2.59. The molecule has 2 rings (SSSR count). The van der Waals surface area contributed by atoms with Gasteiger partial charge in [-0.1, -0.05) is 12.1 Å². The molecule has 1 saturated heterocycles. The number of nitrogens with one attached hydrogen (secondary N) is 1. The average molecular weight is 193 g/mol. The van der Waals surface area contributed by atoms with E-state index in [4.69, 9.17) is 0 Å².